The Balaban J connectivity index is 1.04. The highest BCUT2D eigenvalue weighted by Gasteiger charge is 2.50. The van der Waals surface area contributed by atoms with Gasteiger partial charge in [-0.3, -0.25) is 14.4 Å². The number of aliphatic hydroxyl groups is 3. The number of alkyl carbamates (subject to hydrolysis) is 1. The van der Waals surface area contributed by atoms with Crippen molar-refractivity contribution >= 4 is 29.5 Å². The van der Waals surface area contributed by atoms with Gasteiger partial charge in [-0.15, -0.1) is 0 Å². The van der Waals surface area contributed by atoms with Crippen LogP contribution >= 0.6 is 0 Å². The zero-order valence-corrected chi connectivity index (χ0v) is 34.0. The number of carbonyl (C=O) groups excluding carboxylic acids is 5. The lowest BCUT2D eigenvalue weighted by Gasteiger charge is -2.42. The van der Waals surface area contributed by atoms with Crippen molar-refractivity contribution in [3.05, 3.63) is 93.6 Å². The van der Waals surface area contributed by atoms with Crippen molar-refractivity contribution in [2.24, 2.45) is 5.73 Å². The molecule has 18 heteroatoms. The molecule has 3 aromatic carbocycles. The van der Waals surface area contributed by atoms with Crippen LogP contribution < -0.4 is 25.8 Å². The Labute approximate surface area is 355 Å². The Kier molecular flexibility index (Phi) is 13.0. The zero-order valence-electron chi connectivity index (χ0n) is 34.0. The molecule has 2 amide bonds. The first-order valence-corrected chi connectivity index (χ1v) is 20.3. The van der Waals surface area contributed by atoms with E-state index in [1.807, 2.05) is 0 Å². The number of amides is 2. The molecule has 330 valence electrons. The summed E-state index contributed by atoms with van der Waals surface area (Å²) >= 11 is 0. The predicted octanol–water partition coefficient (Wildman–Crippen LogP) is 2.88. The smallest absolute Gasteiger partial charge is 0.412 e. The number of allylic oxidation sites excluding steroid dienone is 2. The molecule has 8 atom stereocenters. The van der Waals surface area contributed by atoms with Crippen molar-refractivity contribution in [2.45, 2.75) is 107 Å². The van der Waals surface area contributed by atoms with Crippen LogP contribution in [0.1, 0.15) is 100 Å². The van der Waals surface area contributed by atoms with E-state index in [1.54, 1.807) is 12.1 Å². The van der Waals surface area contributed by atoms with Gasteiger partial charge in [-0.2, -0.15) is 0 Å². The number of phenolic OH excluding ortho intramolecular Hbond substituents is 2. The number of aromatic hydroxyl groups is 2. The quantitative estimate of drug-likeness (QED) is 0.0841. The molecule has 1 saturated heterocycles. The molecule has 1 fully saturated rings. The van der Waals surface area contributed by atoms with Gasteiger partial charge in [0.15, 0.2) is 17.9 Å². The van der Waals surface area contributed by atoms with E-state index in [1.165, 1.54) is 44.4 Å². The number of nitrogens with two attached hydrogens (primary N) is 1. The molecule has 3 aliphatic carbocycles. The van der Waals surface area contributed by atoms with Crippen molar-refractivity contribution in [3.8, 4) is 23.0 Å². The van der Waals surface area contributed by atoms with Crippen LogP contribution in [0.5, 0.6) is 23.0 Å². The summed E-state index contributed by atoms with van der Waals surface area (Å²) in [7, 11) is 1.30. The van der Waals surface area contributed by atoms with Gasteiger partial charge < -0.3 is 65.6 Å². The fourth-order valence-corrected chi connectivity index (χ4v) is 8.54. The lowest BCUT2D eigenvalue weighted by Crippen LogP contribution is -2.56. The fourth-order valence-electron chi connectivity index (χ4n) is 8.54. The summed E-state index contributed by atoms with van der Waals surface area (Å²) in [6.45, 7) is 0.211. The summed E-state index contributed by atoms with van der Waals surface area (Å²) < 4.78 is 28.3. The predicted molar refractivity (Wildman–Crippen MR) is 216 cm³/mol. The Morgan fingerprint density at radius 2 is 1.61 bits per heavy atom. The average Bonchev–Trinajstić information content (AvgIpc) is 3.24. The summed E-state index contributed by atoms with van der Waals surface area (Å²) in [5.74, 6) is -3.91. The molecule has 0 bridgehead atoms. The number of hydrogen-bond donors (Lipinski definition) is 8. The maximum absolute atomic E-state index is 14.0. The number of hydrogen-bond acceptors (Lipinski definition) is 16. The maximum atomic E-state index is 14.0. The third kappa shape index (κ3) is 8.74. The van der Waals surface area contributed by atoms with Crippen molar-refractivity contribution in [3.63, 3.8) is 0 Å². The topological polar surface area (TPSA) is 283 Å². The van der Waals surface area contributed by atoms with Crippen LogP contribution in [0.25, 0.3) is 0 Å². The lowest BCUT2D eigenvalue weighted by atomic mass is 9.72. The molecule has 7 rings (SSSR count). The van der Waals surface area contributed by atoms with Crippen molar-refractivity contribution in [2.75, 3.05) is 13.7 Å². The van der Waals surface area contributed by atoms with Crippen LogP contribution in [0.3, 0.4) is 0 Å². The molecule has 0 spiro atoms. The highest BCUT2D eigenvalue weighted by Crippen LogP contribution is 2.52. The third-order valence-corrected chi connectivity index (χ3v) is 11.9. The molecule has 4 aliphatic rings. The number of aliphatic hydroxyl groups excluding tert-OH is 2. The number of ketones is 3. The summed E-state index contributed by atoms with van der Waals surface area (Å²) in [4.78, 5) is 66.3. The van der Waals surface area contributed by atoms with Crippen LogP contribution in [-0.2, 0) is 32.0 Å². The van der Waals surface area contributed by atoms with Gasteiger partial charge in [0.25, 0.3) is 0 Å². The monoisotopic (exact) mass is 859 g/mol. The van der Waals surface area contributed by atoms with E-state index in [0.717, 1.165) is 19.3 Å². The number of methoxy groups -OCH3 is 1. The second-order valence-corrected chi connectivity index (χ2v) is 15.9. The number of ether oxygens (including phenoxy) is 5. The Morgan fingerprint density at radius 3 is 2.32 bits per heavy atom. The Morgan fingerprint density at radius 1 is 0.919 bits per heavy atom. The summed E-state index contributed by atoms with van der Waals surface area (Å²) in [5.41, 5.74) is 2.61. The first kappa shape index (κ1) is 44.2. The maximum Gasteiger partial charge on any atom is 0.412 e. The van der Waals surface area contributed by atoms with Gasteiger partial charge in [0.05, 0.1) is 42.0 Å². The van der Waals surface area contributed by atoms with Gasteiger partial charge in [0.1, 0.15) is 47.9 Å². The standard InChI is InChI=1S/C44H49N3O15/c1-21-37(50)28(47-42(55)59-20-22-12-14-23(15-13-22)61-43(56)46-27-10-6-4-3-5-9-26(27)45)16-32(60-21)62-30-18-44(57,31(49)19-48)17-25-34(30)41(54)36-35(39(25)52)38(51)24-8-7-11-29(58-2)33(24)40(36)53/h3-4,7-8,11-15,21,26-28,30,32,37,48,50,52,54,57H,5-6,9-10,16-20,45H2,1-2H3,(H,46,56)(H,47,55)/b4-3+/t21?,26-,27+,28?,30-,32-,37+,44-/m0/s1. The molecule has 3 aromatic rings. The second kappa shape index (κ2) is 18.2. The molecular weight excluding hydrogens is 810 g/mol. The highest BCUT2D eigenvalue weighted by molar-refractivity contribution is 6.31. The lowest BCUT2D eigenvalue weighted by molar-refractivity contribution is -0.249. The second-order valence-electron chi connectivity index (χ2n) is 15.9. The molecule has 62 heavy (non-hydrogen) atoms. The molecule has 9 N–H and O–H groups in total. The van der Waals surface area contributed by atoms with Gasteiger partial charge in [0, 0.05) is 48.0 Å². The largest absolute Gasteiger partial charge is 0.507 e. The van der Waals surface area contributed by atoms with E-state index in [-0.39, 0.29) is 58.9 Å². The first-order valence-electron chi connectivity index (χ1n) is 20.3. The third-order valence-electron chi connectivity index (χ3n) is 11.9. The zero-order chi connectivity index (χ0) is 44.5. The van der Waals surface area contributed by atoms with Crippen LogP contribution in [0.2, 0.25) is 0 Å². The number of Topliss-reactive ketones (excluding diaryl/α,β-unsaturated/α-hetero) is 1. The van der Waals surface area contributed by atoms with Gasteiger partial charge in [-0.05, 0) is 56.4 Å². The molecule has 0 aromatic heterocycles. The van der Waals surface area contributed by atoms with Crippen LogP contribution in [0.15, 0.2) is 54.6 Å². The molecule has 0 saturated carbocycles. The van der Waals surface area contributed by atoms with E-state index >= 15 is 0 Å². The van der Waals surface area contributed by atoms with Gasteiger partial charge in [0.2, 0.25) is 5.78 Å². The van der Waals surface area contributed by atoms with E-state index in [2.05, 4.69) is 22.8 Å². The highest BCUT2D eigenvalue weighted by atomic mass is 16.7. The molecule has 1 heterocycles. The number of phenols is 2. The number of benzene rings is 3. The number of nitrogens with one attached hydrogen (secondary N) is 2. The van der Waals surface area contributed by atoms with Crippen LogP contribution in [0, 0.1) is 0 Å². The van der Waals surface area contributed by atoms with E-state index in [4.69, 9.17) is 29.4 Å². The summed E-state index contributed by atoms with van der Waals surface area (Å²) in [5, 5.41) is 61.2. The Bertz CT molecular complexity index is 2280. The van der Waals surface area contributed by atoms with Crippen LogP contribution in [0.4, 0.5) is 9.59 Å². The molecular formula is C44H49N3O15. The number of carbonyl (C=O) groups is 5. The first-order chi connectivity index (χ1) is 29.6. The number of fused-ring (bicyclic) bond motifs is 3. The molecule has 2 unspecified atom stereocenters. The van der Waals surface area contributed by atoms with Gasteiger partial charge in [-0.25, -0.2) is 9.59 Å². The van der Waals surface area contributed by atoms with Gasteiger partial charge >= 0.3 is 12.2 Å². The van der Waals surface area contributed by atoms with Crippen molar-refractivity contribution in [1.82, 2.24) is 10.6 Å². The molecule has 18 nitrogen and oxygen atoms in total. The minimum atomic E-state index is -2.37. The van der Waals surface area contributed by atoms with Gasteiger partial charge in [-0.1, -0.05) is 36.4 Å². The average molecular weight is 860 g/mol. The number of rotatable bonds is 10. The summed E-state index contributed by atoms with van der Waals surface area (Å²) in [6, 6.07) is 9.10. The summed E-state index contributed by atoms with van der Waals surface area (Å²) in [6.07, 6.45) is -0.882. The normalized spacial score (nSPS) is 27.3. The van der Waals surface area contributed by atoms with Crippen molar-refractivity contribution < 1.29 is 73.2 Å². The van der Waals surface area contributed by atoms with Crippen molar-refractivity contribution in [1.29, 1.82) is 0 Å². The fraction of sp³-hybridized carbons (Fsp3) is 0.432. The van der Waals surface area contributed by atoms with E-state index < -0.39 is 108 Å². The van der Waals surface area contributed by atoms with E-state index in [9.17, 15) is 49.5 Å². The SMILES string of the molecule is COc1cccc2c1C(=O)c1c(O)c3c(c(O)c1C2=O)C[C@@](O)(C(=O)CO)C[C@@H]3O[C@H]1CC(NC(=O)OCc2ccc(OC(=O)N[C@@H]3CC/C=C/CC[C@@H]3N)cc2)[C@H](O)C(C)O1. The Hall–Kier alpha value is -5.89. The minimum Gasteiger partial charge on any atom is -0.507 e. The minimum absolute atomic E-state index is 0.0486. The van der Waals surface area contributed by atoms with E-state index in [0.29, 0.717) is 12.0 Å². The molecule has 1 aliphatic heterocycles. The van der Waals surface area contributed by atoms with Crippen LogP contribution in [-0.4, -0.2) is 111 Å². The molecule has 0 radical (unpaired) electrons.